The van der Waals surface area contributed by atoms with Crippen LogP contribution in [0.5, 0.6) is 5.88 Å². The molecule has 12 heteroatoms. The van der Waals surface area contributed by atoms with Crippen LogP contribution >= 0.6 is 11.6 Å². The second-order valence-electron chi connectivity index (χ2n) is 6.31. The predicted octanol–water partition coefficient (Wildman–Crippen LogP) is 2.98. The fourth-order valence-corrected chi connectivity index (χ4v) is 4.17. The summed E-state index contributed by atoms with van der Waals surface area (Å²) in [4.78, 5) is 8.17. The van der Waals surface area contributed by atoms with Crippen LogP contribution in [-0.2, 0) is 10.0 Å². The van der Waals surface area contributed by atoms with E-state index in [-0.39, 0.29) is 29.8 Å². The lowest BCUT2D eigenvalue weighted by atomic mass is 10.2. The molecule has 2 aromatic heterocycles. The molecule has 9 nitrogen and oxygen atoms in total. The van der Waals surface area contributed by atoms with Gasteiger partial charge in [0, 0.05) is 16.3 Å². The number of ether oxygens (including phenoxy) is 1. The summed E-state index contributed by atoms with van der Waals surface area (Å²) in [6.07, 6.45) is 1.51. The zero-order valence-corrected chi connectivity index (χ0v) is 17.3. The number of nitrogens with one attached hydrogen (secondary N) is 2. The van der Waals surface area contributed by atoms with Crippen molar-refractivity contribution >= 4 is 38.3 Å². The first kappa shape index (κ1) is 21.0. The highest BCUT2D eigenvalue weighted by Gasteiger charge is 2.20. The van der Waals surface area contributed by atoms with E-state index >= 15 is 0 Å². The topological polar surface area (TPSA) is 130 Å². The van der Waals surface area contributed by atoms with Gasteiger partial charge in [-0.25, -0.2) is 17.8 Å². The van der Waals surface area contributed by atoms with Crippen molar-refractivity contribution in [3.05, 3.63) is 59.5 Å². The van der Waals surface area contributed by atoms with Gasteiger partial charge < -0.3 is 9.84 Å². The summed E-state index contributed by atoms with van der Waals surface area (Å²) >= 11 is 5.79. The molecule has 0 radical (unpaired) electrons. The number of aromatic amines is 1. The highest BCUT2D eigenvalue weighted by atomic mass is 35.5. The molecule has 0 amide bonds. The molecule has 31 heavy (non-hydrogen) atoms. The molecule has 0 atom stereocenters. The molecule has 3 N–H and O–H groups in total. The third kappa shape index (κ3) is 4.43. The summed E-state index contributed by atoms with van der Waals surface area (Å²) in [6, 6.07) is 9.46. The standard InChI is InChI=1S/C19H15ClFN5O4S/c20-12-3-6-15(21)16(9-12)31(28,29)26-13-4-1-11(2-5-13)17-23-18-14(10-22-25-18)19(24-17)30-8-7-27/h1-6,9-10,26-27H,7-8H2,(H,22,23,24,25). The second-order valence-corrected chi connectivity index (χ2v) is 8.40. The van der Waals surface area contributed by atoms with Gasteiger partial charge in [-0.1, -0.05) is 11.6 Å². The minimum absolute atomic E-state index is 0.0531. The van der Waals surface area contributed by atoms with Gasteiger partial charge in [0.2, 0.25) is 5.88 Å². The fourth-order valence-electron chi connectivity index (χ4n) is 2.77. The number of hydrogen-bond acceptors (Lipinski definition) is 7. The van der Waals surface area contributed by atoms with Crippen molar-refractivity contribution in [1.29, 1.82) is 0 Å². The Balaban J connectivity index is 1.62. The van der Waals surface area contributed by atoms with E-state index in [1.54, 1.807) is 12.1 Å². The number of fused-ring (bicyclic) bond motifs is 1. The highest BCUT2D eigenvalue weighted by Crippen LogP contribution is 2.27. The summed E-state index contributed by atoms with van der Waals surface area (Å²) in [5.74, 6) is -0.353. The largest absolute Gasteiger partial charge is 0.475 e. The number of aliphatic hydroxyl groups is 1. The Bertz CT molecular complexity index is 1350. The monoisotopic (exact) mass is 463 g/mol. The Labute approximate surface area is 180 Å². The highest BCUT2D eigenvalue weighted by molar-refractivity contribution is 7.92. The molecular weight excluding hydrogens is 449 g/mol. The molecule has 0 unspecified atom stereocenters. The van der Waals surface area contributed by atoms with Gasteiger partial charge in [-0.15, -0.1) is 0 Å². The summed E-state index contributed by atoms with van der Waals surface area (Å²) < 4.78 is 46.7. The van der Waals surface area contributed by atoms with Crippen molar-refractivity contribution in [3.63, 3.8) is 0 Å². The summed E-state index contributed by atoms with van der Waals surface area (Å²) in [5, 5.41) is 16.3. The van der Waals surface area contributed by atoms with Gasteiger partial charge in [0.05, 0.1) is 12.8 Å². The fraction of sp³-hybridized carbons (Fsp3) is 0.105. The van der Waals surface area contributed by atoms with Gasteiger partial charge in [-0.3, -0.25) is 9.82 Å². The number of rotatable bonds is 7. The first-order valence-corrected chi connectivity index (χ1v) is 10.8. The molecule has 0 aliphatic carbocycles. The number of sulfonamides is 1. The number of halogens is 2. The number of aliphatic hydroxyl groups excluding tert-OH is 1. The van der Waals surface area contributed by atoms with Crippen molar-refractivity contribution in [3.8, 4) is 17.3 Å². The Morgan fingerprint density at radius 2 is 1.94 bits per heavy atom. The minimum atomic E-state index is -4.18. The lowest BCUT2D eigenvalue weighted by Crippen LogP contribution is -2.14. The number of aromatic nitrogens is 4. The summed E-state index contributed by atoms with van der Waals surface area (Å²) in [5.41, 5.74) is 1.23. The number of benzene rings is 2. The maximum Gasteiger partial charge on any atom is 0.264 e. The Morgan fingerprint density at radius 1 is 1.16 bits per heavy atom. The molecular formula is C19H15ClFN5O4S. The molecule has 160 valence electrons. The van der Waals surface area contributed by atoms with Crippen molar-refractivity contribution < 1.29 is 22.7 Å². The lowest BCUT2D eigenvalue weighted by molar-refractivity contribution is 0.198. The van der Waals surface area contributed by atoms with Crippen LogP contribution in [0.1, 0.15) is 0 Å². The van der Waals surface area contributed by atoms with Crippen molar-refractivity contribution in [2.45, 2.75) is 4.90 Å². The number of hydrogen-bond donors (Lipinski definition) is 3. The summed E-state index contributed by atoms with van der Waals surface area (Å²) in [6.45, 7) is -0.127. The Hall–Kier alpha value is -3.28. The molecule has 0 bridgehead atoms. The molecule has 0 aliphatic heterocycles. The molecule has 0 fully saturated rings. The molecule has 2 heterocycles. The molecule has 0 spiro atoms. The Morgan fingerprint density at radius 3 is 2.68 bits per heavy atom. The average molecular weight is 464 g/mol. The van der Waals surface area contributed by atoms with Gasteiger partial charge in [0.15, 0.2) is 11.5 Å². The van der Waals surface area contributed by atoms with Gasteiger partial charge in [-0.2, -0.15) is 10.1 Å². The van der Waals surface area contributed by atoms with Gasteiger partial charge in [-0.05, 0) is 42.5 Å². The van der Waals surface area contributed by atoms with Crippen LogP contribution in [0.4, 0.5) is 10.1 Å². The van der Waals surface area contributed by atoms with E-state index < -0.39 is 20.7 Å². The first-order chi connectivity index (χ1) is 14.9. The molecule has 0 aliphatic rings. The number of anilines is 1. The van der Waals surface area contributed by atoms with E-state index in [9.17, 15) is 12.8 Å². The van der Waals surface area contributed by atoms with Crippen LogP contribution in [0.2, 0.25) is 5.02 Å². The van der Waals surface area contributed by atoms with E-state index in [1.165, 1.54) is 24.4 Å². The van der Waals surface area contributed by atoms with Crippen molar-refractivity contribution in [2.24, 2.45) is 0 Å². The van der Waals surface area contributed by atoms with Crippen molar-refractivity contribution in [1.82, 2.24) is 20.2 Å². The van der Waals surface area contributed by atoms with E-state index in [1.807, 2.05) is 0 Å². The lowest BCUT2D eigenvalue weighted by Gasteiger charge is -2.10. The van der Waals surface area contributed by atoms with Gasteiger partial charge >= 0.3 is 0 Å². The zero-order valence-electron chi connectivity index (χ0n) is 15.7. The second kappa shape index (κ2) is 8.46. The van der Waals surface area contributed by atoms with Gasteiger partial charge in [0.25, 0.3) is 10.0 Å². The molecule has 4 rings (SSSR count). The minimum Gasteiger partial charge on any atom is -0.475 e. The molecule has 4 aromatic rings. The third-order valence-electron chi connectivity index (χ3n) is 4.18. The number of H-pyrrole nitrogens is 1. The summed E-state index contributed by atoms with van der Waals surface area (Å²) in [7, 11) is -4.18. The Kier molecular flexibility index (Phi) is 5.72. The average Bonchev–Trinajstić information content (AvgIpc) is 3.23. The zero-order chi connectivity index (χ0) is 22.0. The van der Waals surface area contributed by atoms with Crippen molar-refractivity contribution in [2.75, 3.05) is 17.9 Å². The molecule has 0 saturated heterocycles. The van der Waals surface area contributed by atoms with Gasteiger partial charge in [0.1, 0.15) is 22.7 Å². The normalized spacial score (nSPS) is 11.6. The maximum absolute atomic E-state index is 14.0. The number of nitrogens with zero attached hydrogens (tertiary/aromatic N) is 3. The maximum atomic E-state index is 14.0. The van der Waals surface area contributed by atoms with Crippen LogP contribution in [0.3, 0.4) is 0 Å². The van der Waals surface area contributed by atoms with Crippen LogP contribution in [0.15, 0.2) is 53.6 Å². The smallest absolute Gasteiger partial charge is 0.264 e. The van der Waals surface area contributed by atoms with Crippen LogP contribution < -0.4 is 9.46 Å². The van der Waals surface area contributed by atoms with Crippen LogP contribution in [-0.4, -0.2) is 46.9 Å². The molecule has 0 saturated carbocycles. The van der Waals surface area contributed by atoms with Crippen LogP contribution in [0, 0.1) is 5.82 Å². The molecule has 2 aromatic carbocycles. The first-order valence-electron chi connectivity index (χ1n) is 8.90. The predicted molar refractivity (Wildman–Crippen MR) is 112 cm³/mol. The van der Waals surface area contributed by atoms with Crippen LogP contribution in [0.25, 0.3) is 22.4 Å². The van der Waals surface area contributed by atoms with E-state index in [2.05, 4.69) is 24.9 Å². The third-order valence-corrected chi connectivity index (χ3v) is 5.81. The van der Waals surface area contributed by atoms with E-state index in [0.717, 1.165) is 12.1 Å². The SMILES string of the molecule is O=S(=O)(Nc1ccc(-c2nc(OCCO)c3cn[nH]c3n2)cc1)c1cc(Cl)ccc1F. The van der Waals surface area contributed by atoms with E-state index in [0.29, 0.717) is 22.4 Å². The van der Waals surface area contributed by atoms with E-state index in [4.69, 9.17) is 21.4 Å². The quantitative estimate of drug-likeness (QED) is 0.384.